The Kier molecular flexibility index (Phi) is 3.37. The van der Waals surface area contributed by atoms with Crippen LogP contribution in [-0.4, -0.2) is 40.8 Å². The fourth-order valence-electron chi connectivity index (χ4n) is 1.90. The molecule has 0 aliphatic carbocycles. The maximum atomic E-state index is 12.0. The molecule has 0 aromatic carbocycles. The molecule has 0 radical (unpaired) electrons. The summed E-state index contributed by atoms with van der Waals surface area (Å²) in [5.41, 5.74) is 0.920. The Morgan fingerprint density at radius 1 is 1.53 bits per heavy atom. The molecule has 17 heavy (non-hydrogen) atoms. The van der Waals surface area contributed by atoms with Crippen molar-refractivity contribution in [1.82, 2.24) is 15.2 Å². The number of pyridine rings is 1. The molecule has 1 fully saturated rings. The molecule has 1 unspecified atom stereocenters. The molecule has 1 aliphatic rings. The third kappa shape index (κ3) is 2.61. The summed E-state index contributed by atoms with van der Waals surface area (Å²) in [5, 5.41) is 2.74. The average Bonchev–Trinajstić information content (AvgIpc) is 2.34. The highest BCUT2D eigenvalue weighted by atomic mass is 16.2. The fourth-order valence-corrected chi connectivity index (χ4v) is 1.90. The lowest BCUT2D eigenvalue weighted by atomic mass is 10.1. The molecule has 2 heterocycles. The summed E-state index contributed by atoms with van der Waals surface area (Å²) in [6.45, 7) is 2.86. The van der Waals surface area contributed by atoms with Crippen LogP contribution in [0, 0.1) is 0 Å². The quantitative estimate of drug-likeness (QED) is 0.780. The SMILES string of the molecule is CC1C(=O)NCCN1C(=O)Cc1ccncc1. The monoisotopic (exact) mass is 233 g/mol. The lowest BCUT2D eigenvalue weighted by Crippen LogP contribution is -2.56. The molecule has 0 spiro atoms. The number of amides is 2. The van der Waals surface area contributed by atoms with E-state index in [1.54, 1.807) is 24.2 Å². The second-order valence-corrected chi connectivity index (χ2v) is 4.09. The summed E-state index contributed by atoms with van der Waals surface area (Å²) in [4.78, 5) is 29.0. The Balaban J connectivity index is 2.02. The van der Waals surface area contributed by atoms with Crippen LogP contribution in [0.3, 0.4) is 0 Å². The van der Waals surface area contributed by atoms with Crippen molar-refractivity contribution in [2.24, 2.45) is 0 Å². The summed E-state index contributed by atoms with van der Waals surface area (Å²) >= 11 is 0. The summed E-state index contributed by atoms with van der Waals surface area (Å²) in [7, 11) is 0. The lowest BCUT2D eigenvalue weighted by Gasteiger charge is -2.32. The Morgan fingerprint density at radius 2 is 2.24 bits per heavy atom. The van der Waals surface area contributed by atoms with Crippen molar-refractivity contribution in [3.8, 4) is 0 Å². The molecule has 5 nitrogen and oxygen atoms in total. The van der Waals surface area contributed by atoms with Crippen LogP contribution in [0.5, 0.6) is 0 Å². The van der Waals surface area contributed by atoms with Gasteiger partial charge < -0.3 is 10.2 Å². The molecular formula is C12H15N3O2. The number of carbonyl (C=O) groups is 2. The van der Waals surface area contributed by atoms with Crippen molar-refractivity contribution in [2.45, 2.75) is 19.4 Å². The van der Waals surface area contributed by atoms with Crippen molar-refractivity contribution in [3.05, 3.63) is 30.1 Å². The first-order chi connectivity index (χ1) is 8.18. The van der Waals surface area contributed by atoms with Gasteiger partial charge in [0.2, 0.25) is 11.8 Å². The molecule has 1 aromatic rings. The third-order valence-corrected chi connectivity index (χ3v) is 2.92. The molecule has 1 atom stereocenters. The zero-order valence-electron chi connectivity index (χ0n) is 9.72. The second-order valence-electron chi connectivity index (χ2n) is 4.09. The maximum Gasteiger partial charge on any atom is 0.242 e. The van der Waals surface area contributed by atoms with Crippen LogP contribution >= 0.6 is 0 Å². The normalized spacial score (nSPS) is 19.9. The summed E-state index contributed by atoms with van der Waals surface area (Å²) < 4.78 is 0. The third-order valence-electron chi connectivity index (χ3n) is 2.92. The van der Waals surface area contributed by atoms with Gasteiger partial charge in [-0.15, -0.1) is 0 Å². The first kappa shape index (κ1) is 11.6. The van der Waals surface area contributed by atoms with E-state index in [0.29, 0.717) is 19.5 Å². The van der Waals surface area contributed by atoms with Gasteiger partial charge in [0, 0.05) is 25.5 Å². The van der Waals surface area contributed by atoms with Gasteiger partial charge in [-0.05, 0) is 24.6 Å². The van der Waals surface area contributed by atoms with Crippen molar-refractivity contribution in [3.63, 3.8) is 0 Å². The van der Waals surface area contributed by atoms with Gasteiger partial charge in [-0.2, -0.15) is 0 Å². The van der Waals surface area contributed by atoms with Crippen molar-refractivity contribution in [2.75, 3.05) is 13.1 Å². The number of nitrogens with one attached hydrogen (secondary N) is 1. The van der Waals surface area contributed by atoms with Crippen LogP contribution in [0.4, 0.5) is 0 Å². The number of carbonyl (C=O) groups excluding carboxylic acids is 2. The number of rotatable bonds is 2. The van der Waals surface area contributed by atoms with Gasteiger partial charge in [-0.1, -0.05) is 0 Å². The zero-order chi connectivity index (χ0) is 12.3. The first-order valence-electron chi connectivity index (χ1n) is 5.64. The number of nitrogens with zero attached hydrogens (tertiary/aromatic N) is 2. The van der Waals surface area contributed by atoms with Crippen LogP contribution in [0.25, 0.3) is 0 Å². The van der Waals surface area contributed by atoms with Gasteiger partial charge in [0.05, 0.1) is 6.42 Å². The summed E-state index contributed by atoms with van der Waals surface area (Å²) in [5.74, 6) is -0.0992. The highest BCUT2D eigenvalue weighted by molar-refractivity contribution is 5.89. The maximum absolute atomic E-state index is 12.0. The van der Waals surface area contributed by atoms with Crippen molar-refractivity contribution in [1.29, 1.82) is 0 Å². The lowest BCUT2D eigenvalue weighted by molar-refractivity contribution is -0.142. The van der Waals surface area contributed by atoms with Crippen LogP contribution in [0.2, 0.25) is 0 Å². The van der Waals surface area contributed by atoms with E-state index in [1.165, 1.54) is 0 Å². The molecule has 0 saturated carbocycles. The van der Waals surface area contributed by atoms with Crippen molar-refractivity contribution >= 4 is 11.8 Å². The predicted octanol–water partition coefficient (Wildman–Crippen LogP) is -0.0290. The molecular weight excluding hydrogens is 218 g/mol. The summed E-state index contributed by atoms with van der Waals surface area (Å²) in [6.07, 6.45) is 3.64. The molecule has 1 N–H and O–H groups in total. The molecule has 1 aliphatic heterocycles. The minimum Gasteiger partial charge on any atom is -0.353 e. The largest absolute Gasteiger partial charge is 0.353 e. The second kappa shape index (κ2) is 4.95. The van der Waals surface area contributed by atoms with Gasteiger partial charge in [0.25, 0.3) is 0 Å². The van der Waals surface area contributed by atoms with E-state index < -0.39 is 0 Å². The number of aromatic nitrogens is 1. The minimum absolute atomic E-state index is 0.0152. The number of piperazine rings is 1. The topological polar surface area (TPSA) is 62.3 Å². The minimum atomic E-state index is -0.377. The highest BCUT2D eigenvalue weighted by Gasteiger charge is 2.28. The molecule has 2 rings (SSSR count). The number of hydrogen-bond donors (Lipinski definition) is 1. The van der Waals surface area contributed by atoms with Gasteiger partial charge >= 0.3 is 0 Å². The molecule has 0 bridgehead atoms. The van der Waals surface area contributed by atoms with Crippen LogP contribution < -0.4 is 5.32 Å². The van der Waals surface area contributed by atoms with E-state index in [9.17, 15) is 9.59 Å². The van der Waals surface area contributed by atoms with Gasteiger partial charge in [-0.3, -0.25) is 14.6 Å². The average molecular weight is 233 g/mol. The Bertz CT molecular complexity index is 419. The predicted molar refractivity (Wildman–Crippen MR) is 62.1 cm³/mol. The highest BCUT2D eigenvalue weighted by Crippen LogP contribution is 2.08. The van der Waals surface area contributed by atoms with E-state index in [4.69, 9.17) is 0 Å². The van der Waals surface area contributed by atoms with Gasteiger partial charge in [0.1, 0.15) is 6.04 Å². The Hall–Kier alpha value is -1.91. The van der Waals surface area contributed by atoms with Gasteiger partial charge in [-0.25, -0.2) is 0 Å². The van der Waals surface area contributed by atoms with Crippen molar-refractivity contribution < 1.29 is 9.59 Å². The molecule has 1 saturated heterocycles. The first-order valence-corrected chi connectivity index (χ1v) is 5.64. The molecule has 5 heteroatoms. The Morgan fingerprint density at radius 3 is 2.94 bits per heavy atom. The molecule has 2 amide bonds. The zero-order valence-corrected chi connectivity index (χ0v) is 9.72. The Labute approximate surface area is 99.8 Å². The van der Waals surface area contributed by atoms with E-state index in [0.717, 1.165) is 5.56 Å². The standard InChI is InChI=1S/C12H15N3O2/c1-9-12(17)14-6-7-15(9)11(16)8-10-2-4-13-5-3-10/h2-5,9H,6-8H2,1H3,(H,14,17). The van der Waals surface area contributed by atoms with Crippen LogP contribution in [-0.2, 0) is 16.0 Å². The fraction of sp³-hybridized carbons (Fsp3) is 0.417. The van der Waals surface area contributed by atoms with Crippen LogP contribution in [0.15, 0.2) is 24.5 Å². The smallest absolute Gasteiger partial charge is 0.242 e. The summed E-state index contributed by atoms with van der Waals surface area (Å²) in [6, 6.07) is 3.25. The van der Waals surface area contributed by atoms with E-state index in [1.807, 2.05) is 12.1 Å². The molecule has 1 aromatic heterocycles. The molecule has 90 valence electrons. The van der Waals surface area contributed by atoms with Gasteiger partial charge in [0.15, 0.2) is 0 Å². The van der Waals surface area contributed by atoms with E-state index in [-0.39, 0.29) is 17.9 Å². The number of hydrogen-bond acceptors (Lipinski definition) is 3. The van der Waals surface area contributed by atoms with E-state index >= 15 is 0 Å². The van der Waals surface area contributed by atoms with E-state index in [2.05, 4.69) is 10.3 Å². The van der Waals surface area contributed by atoms with Crippen LogP contribution in [0.1, 0.15) is 12.5 Å².